The molecule has 3 amide bonds. The number of halogens is 1. The van der Waals surface area contributed by atoms with Crippen molar-refractivity contribution in [3.05, 3.63) is 82.9 Å². The van der Waals surface area contributed by atoms with Crippen LogP contribution in [-0.4, -0.2) is 59.4 Å². The summed E-state index contributed by atoms with van der Waals surface area (Å²) in [4.78, 5) is 41.1. The van der Waals surface area contributed by atoms with Gasteiger partial charge >= 0.3 is 12.2 Å². The van der Waals surface area contributed by atoms with Crippen molar-refractivity contribution in [2.45, 2.75) is 30.9 Å². The van der Waals surface area contributed by atoms with Crippen LogP contribution in [0.2, 0.25) is 5.02 Å². The van der Waals surface area contributed by atoms with Crippen LogP contribution in [0.25, 0.3) is 11.0 Å². The summed E-state index contributed by atoms with van der Waals surface area (Å²) < 4.78 is 11.4. The molecule has 0 unspecified atom stereocenters. The van der Waals surface area contributed by atoms with Gasteiger partial charge in [-0.2, -0.15) is 0 Å². The van der Waals surface area contributed by atoms with E-state index in [1.807, 2.05) is 30.3 Å². The number of aromatic nitrogens is 1. The van der Waals surface area contributed by atoms with Gasteiger partial charge in [0.2, 0.25) is 5.91 Å². The molecule has 0 radical (unpaired) electrons. The van der Waals surface area contributed by atoms with Crippen molar-refractivity contribution in [2.24, 2.45) is 0 Å². The molecule has 1 aromatic heterocycles. The summed E-state index contributed by atoms with van der Waals surface area (Å²) in [6.07, 6.45) is -0.189. The molecule has 3 N–H and O–H groups in total. The van der Waals surface area contributed by atoms with Gasteiger partial charge in [-0.1, -0.05) is 47.1 Å². The number of fused-ring (bicyclic) bond motifs is 3. The van der Waals surface area contributed by atoms with Crippen molar-refractivity contribution in [1.29, 1.82) is 0 Å². The third-order valence-corrected chi connectivity index (χ3v) is 8.02. The molecule has 12 heteroatoms. The van der Waals surface area contributed by atoms with E-state index in [1.165, 1.54) is 7.05 Å². The van der Waals surface area contributed by atoms with Crippen LogP contribution in [0.1, 0.15) is 24.0 Å². The second-order valence-corrected chi connectivity index (χ2v) is 10.9. The molecule has 3 aromatic carbocycles. The third-order valence-electron chi connectivity index (χ3n) is 7.78. The molecule has 1 spiro atoms. The molecule has 2 atom stereocenters. The molecule has 1 fully saturated rings. The number of carboxylic acid groups (broad SMARTS) is 1. The first-order valence-electron chi connectivity index (χ1n) is 13.5. The number of ether oxygens (including phenoxy) is 1. The Labute approximate surface area is 246 Å². The quantitative estimate of drug-likeness (QED) is 0.260. The van der Waals surface area contributed by atoms with Crippen LogP contribution < -0.4 is 15.5 Å². The molecule has 0 bridgehead atoms. The lowest BCUT2D eigenvalue weighted by Crippen LogP contribution is -2.56. The van der Waals surface area contributed by atoms with Crippen molar-refractivity contribution in [3.63, 3.8) is 0 Å². The van der Waals surface area contributed by atoms with Gasteiger partial charge in [-0.3, -0.25) is 15.0 Å². The van der Waals surface area contributed by atoms with Crippen molar-refractivity contribution in [2.75, 3.05) is 35.7 Å². The molecule has 6 rings (SSSR count). The number of carbonyl (C=O) groups excluding carboxylic acids is 2. The lowest BCUT2D eigenvalue weighted by molar-refractivity contribution is -0.139. The van der Waals surface area contributed by atoms with Crippen LogP contribution in [-0.2, 0) is 21.6 Å². The molecule has 3 heterocycles. The average molecular weight is 590 g/mol. The minimum absolute atomic E-state index is 0.159. The number of piperidine rings is 1. The molecule has 216 valence electrons. The minimum atomic E-state index is -1.11. The van der Waals surface area contributed by atoms with Crippen LogP contribution in [0, 0.1) is 0 Å². The summed E-state index contributed by atoms with van der Waals surface area (Å²) in [6.45, 7) is 0.633. The fraction of sp³-hybridized carbons (Fsp3) is 0.267. The second-order valence-electron chi connectivity index (χ2n) is 10.5. The Bertz CT molecular complexity index is 1680. The van der Waals surface area contributed by atoms with E-state index in [4.69, 9.17) is 20.9 Å². The Kier molecular flexibility index (Phi) is 7.11. The highest BCUT2D eigenvalue weighted by Gasteiger charge is 2.47. The summed E-state index contributed by atoms with van der Waals surface area (Å²) in [6, 6.07) is 19.0. The van der Waals surface area contributed by atoms with E-state index < -0.39 is 23.8 Å². The first-order chi connectivity index (χ1) is 20.2. The Hall–Kier alpha value is -4.77. The maximum Gasteiger partial charge on any atom is 0.412 e. The highest BCUT2D eigenvalue weighted by Crippen LogP contribution is 2.43. The lowest BCUT2D eigenvalue weighted by Gasteiger charge is -2.45. The normalized spacial score (nSPS) is 18.6. The van der Waals surface area contributed by atoms with E-state index in [0.29, 0.717) is 59.0 Å². The highest BCUT2D eigenvalue weighted by atomic mass is 35.5. The summed E-state index contributed by atoms with van der Waals surface area (Å²) in [7, 11) is 1.44. The number of hydrogen-bond acceptors (Lipinski definition) is 7. The number of amides is 3. The van der Waals surface area contributed by atoms with E-state index >= 15 is 0 Å². The molecule has 1 saturated heterocycles. The summed E-state index contributed by atoms with van der Waals surface area (Å²) in [5.74, 6) is 0.114. The standard InChI is InChI=1S/C30H28ClN5O6/c1-35(29(39)40)20-9-11-25-21(16-20)26(34-42-25)32-24(14-18-6-3-2-4-7-18)27(37)36-13-5-12-30(17-36)22-15-19(31)8-10-23(22)33-28(38)41-30/h2-4,6-11,15-16,24H,5,12-14,17H2,1H3,(H,32,34)(H,33,38)(H,39,40)/t24-,30-/m0/s1. The number of hydrogen-bond donors (Lipinski definition) is 3. The number of benzene rings is 3. The minimum Gasteiger partial charge on any atom is -0.465 e. The Morgan fingerprint density at radius 1 is 1.19 bits per heavy atom. The number of rotatable bonds is 6. The van der Waals surface area contributed by atoms with E-state index in [-0.39, 0.29) is 12.5 Å². The number of nitrogens with one attached hydrogen (secondary N) is 2. The largest absolute Gasteiger partial charge is 0.465 e. The SMILES string of the molecule is CN(C(=O)O)c1ccc2onc(N[C@@H](Cc3ccccc3)C(=O)N3CCC[C@@]4(C3)OC(=O)Nc3ccc(Cl)cc34)c2c1. The molecule has 0 saturated carbocycles. The molecular formula is C30H28ClN5O6. The average Bonchev–Trinajstić information content (AvgIpc) is 3.39. The molecule has 11 nitrogen and oxygen atoms in total. The van der Waals surface area contributed by atoms with Gasteiger partial charge in [0, 0.05) is 36.3 Å². The number of anilines is 3. The van der Waals surface area contributed by atoms with Crippen molar-refractivity contribution < 1.29 is 28.8 Å². The van der Waals surface area contributed by atoms with Gasteiger partial charge in [-0.05, 0) is 54.8 Å². The van der Waals surface area contributed by atoms with E-state index in [9.17, 15) is 19.5 Å². The van der Waals surface area contributed by atoms with Gasteiger partial charge in [-0.25, -0.2) is 9.59 Å². The summed E-state index contributed by atoms with van der Waals surface area (Å²) >= 11 is 6.32. The van der Waals surface area contributed by atoms with Crippen molar-refractivity contribution >= 4 is 57.9 Å². The predicted molar refractivity (Wildman–Crippen MR) is 157 cm³/mol. The van der Waals surface area contributed by atoms with Crippen LogP contribution in [0.3, 0.4) is 0 Å². The first kappa shape index (κ1) is 27.4. The smallest absolute Gasteiger partial charge is 0.412 e. The topological polar surface area (TPSA) is 137 Å². The van der Waals surface area contributed by atoms with Gasteiger partial charge in [0.1, 0.15) is 6.04 Å². The maximum atomic E-state index is 14.3. The molecular weight excluding hydrogens is 562 g/mol. The van der Waals surface area contributed by atoms with Crippen molar-refractivity contribution in [1.82, 2.24) is 10.1 Å². The zero-order chi connectivity index (χ0) is 29.4. The van der Waals surface area contributed by atoms with Gasteiger partial charge in [0.15, 0.2) is 17.0 Å². The van der Waals surface area contributed by atoms with Crippen molar-refractivity contribution in [3.8, 4) is 0 Å². The third kappa shape index (κ3) is 5.18. The van der Waals surface area contributed by atoms with Gasteiger partial charge in [-0.15, -0.1) is 0 Å². The van der Waals surface area contributed by atoms with Gasteiger partial charge < -0.3 is 24.6 Å². The molecule has 42 heavy (non-hydrogen) atoms. The monoisotopic (exact) mass is 589 g/mol. The fourth-order valence-corrected chi connectivity index (χ4v) is 5.84. The van der Waals surface area contributed by atoms with E-state index in [2.05, 4.69) is 15.8 Å². The summed E-state index contributed by atoms with van der Waals surface area (Å²) in [5, 5.41) is 20.6. The molecule has 2 aliphatic rings. The maximum absolute atomic E-state index is 14.3. The lowest BCUT2D eigenvalue weighted by atomic mass is 9.83. The van der Waals surface area contributed by atoms with Crippen LogP contribution in [0.4, 0.5) is 26.8 Å². The van der Waals surface area contributed by atoms with Crippen LogP contribution in [0.15, 0.2) is 71.3 Å². The van der Waals surface area contributed by atoms with Gasteiger partial charge in [0.05, 0.1) is 17.6 Å². The van der Waals surface area contributed by atoms with Crippen LogP contribution >= 0.6 is 11.6 Å². The predicted octanol–water partition coefficient (Wildman–Crippen LogP) is 5.70. The Balaban J connectivity index is 1.33. The second kappa shape index (κ2) is 10.9. The first-order valence-corrected chi connectivity index (χ1v) is 13.9. The van der Waals surface area contributed by atoms with E-state index in [0.717, 1.165) is 16.0 Å². The zero-order valence-electron chi connectivity index (χ0n) is 22.7. The summed E-state index contributed by atoms with van der Waals surface area (Å²) in [5.41, 5.74) is 2.11. The van der Waals surface area contributed by atoms with Crippen LogP contribution in [0.5, 0.6) is 0 Å². The van der Waals surface area contributed by atoms with Gasteiger partial charge in [0.25, 0.3) is 0 Å². The number of nitrogens with zero attached hydrogens (tertiary/aromatic N) is 3. The number of likely N-dealkylation sites (tertiary alicyclic amines) is 1. The Morgan fingerprint density at radius 2 is 2.00 bits per heavy atom. The zero-order valence-corrected chi connectivity index (χ0v) is 23.4. The van der Waals surface area contributed by atoms with E-state index in [1.54, 1.807) is 41.3 Å². The fourth-order valence-electron chi connectivity index (χ4n) is 5.67. The highest BCUT2D eigenvalue weighted by molar-refractivity contribution is 6.30. The molecule has 0 aliphatic carbocycles. The molecule has 2 aliphatic heterocycles. The number of carbonyl (C=O) groups is 3. The Morgan fingerprint density at radius 3 is 2.79 bits per heavy atom. The molecule has 4 aromatic rings.